The van der Waals surface area contributed by atoms with Crippen molar-refractivity contribution in [3.8, 4) is 0 Å². The zero-order valence-corrected chi connectivity index (χ0v) is 12.7. The molecular weight excluding hydrogens is 238 g/mol. The first-order valence-corrected chi connectivity index (χ1v) is 8.07. The predicted molar refractivity (Wildman–Crippen MR) is 76.3 cm³/mol. The van der Waals surface area contributed by atoms with Crippen LogP contribution in [0.25, 0.3) is 0 Å². The highest BCUT2D eigenvalue weighted by molar-refractivity contribution is 5.05. The number of hydrogen-bond acceptors (Lipinski definition) is 3. The second kappa shape index (κ2) is 5.01. The van der Waals surface area contributed by atoms with E-state index in [1.54, 1.807) is 0 Å². The van der Waals surface area contributed by atoms with Crippen LogP contribution in [0.2, 0.25) is 0 Å². The lowest BCUT2D eigenvalue weighted by Gasteiger charge is -2.55. The molecule has 1 saturated heterocycles. The van der Waals surface area contributed by atoms with Gasteiger partial charge < -0.3 is 14.8 Å². The van der Waals surface area contributed by atoms with Gasteiger partial charge in [-0.15, -0.1) is 0 Å². The summed E-state index contributed by atoms with van der Waals surface area (Å²) in [5, 5.41) is 3.90. The Labute approximate surface area is 117 Å². The molecule has 0 radical (unpaired) electrons. The average Bonchev–Trinajstić information content (AvgIpc) is 2.36. The molecule has 1 heterocycles. The average molecular weight is 267 g/mol. The van der Waals surface area contributed by atoms with Gasteiger partial charge in [-0.05, 0) is 45.4 Å². The number of hydrogen-bond donors (Lipinski definition) is 1. The molecule has 19 heavy (non-hydrogen) atoms. The molecule has 3 atom stereocenters. The molecule has 1 spiro atoms. The largest absolute Gasteiger partial charge is 0.378 e. The summed E-state index contributed by atoms with van der Waals surface area (Å²) in [4.78, 5) is 0. The lowest BCUT2D eigenvalue weighted by molar-refractivity contribution is -0.149. The molecule has 2 saturated carbocycles. The molecule has 0 aromatic rings. The Morgan fingerprint density at radius 2 is 2.11 bits per heavy atom. The van der Waals surface area contributed by atoms with E-state index in [4.69, 9.17) is 9.47 Å². The van der Waals surface area contributed by atoms with Gasteiger partial charge in [0.05, 0.1) is 11.7 Å². The topological polar surface area (TPSA) is 30.5 Å². The van der Waals surface area contributed by atoms with Crippen LogP contribution in [0.5, 0.6) is 0 Å². The van der Waals surface area contributed by atoms with E-state index in [-0.39, 0.29) is 11.0 Å². The van der Waals surface area contributed by atoms with E-state index in [0.29, 0.717) is 18.2 Å². The van der Waals surface area contributed by atoms with Crippen molar-refractivity contribution in [3.63, 3.8) is 0 Å². The highest BCUT2D eigenvalue weighted by Crippen LogP contribution is 2.45. The summed E-state index contributed by atoms with van der Waals surface area (Å²) in [6.45, 7) is 8.55. The maximum Gasteiger partial charge on any atom is 0.0697 e. The summed E-state index contributed by atoms with van der Waals surface area (Å²) in [7, 11) is 0. The summed E-state index contributed by atoms with van der Waals surface area (Å²) in [5.74, 6) is 0. The van der Waals surface area contributed by atoms with Gasteiger partial charge >= 0.3 is 0 Å². The van der Waals surface area contributed by atoms with Crippen LogP contribution in [-0.4, -0.2) is 37.0 Å². The van der Waals surface area contributed by atoms with E-state index in [0.717, 1.165) is 13.2 Å². The molecule has 1 aliphatic heterocycles. The summed E-state index contributed by atoms with van der Waals surface area (Å²) in [5.41, 5.74) is 0.532. The Bertz CT molecular complexity index is 325. The van der Waals surface area contributed by atoms with Gasteiger partial charge in [-0.3, -0.25) is 0 Å². The van der Waals surface area contributed by atoms with Crippen LogP contribution in [0.4, 0.5) is 0 Å². The summed E-state index contributed by atoms with van der Waals surface area (Å²) in [6, 6.07) is 1.27. The zero-order valence-electron chi connectivity index (χ0n) is 12.7. The third-order valence-electron chi connectivity index (χ3n) is 5.74. The zero-order chi connectivity index (χ0) is 13.5. The maximum atomic E-state index is 6.01. The van der Waals surface area contributed by atoms with E-state index in [9.17, 15) is 0 Å². The van der Waals surface area contributed by atoms with Crippen molar-refractivity contribution >= 4 is 0 Å². The van der Waals surface area contributed by atoms with Gasteiger partial charge in [-0.1, -0.05) is 13.8 Å². The minimum Gasteiger partial charge on any atom is -0.378 e. The van der Waals surface area contributed by atoms with E-state index in [1.807, 2.05) is 0 Å². The Balaban J connectivity index is 1.52. The Kier molecular flexibility index (Phi) is 3.65. The highest BCUT2D eigenvalue weighted by Gasteiger charge is 2.50. The van der Waals surface area contributed by atoms with Crippen LogP contribution >= 0.6 is 0 Å². The lowest BCUT2D eigenvalue weighted by atomic mass is 9.63. The first-order valence-electron chi connectivity index (χ1n) is 8.07. The molecule has 0 aromatic carbocycles. The first kappa shape index (κ1) is 13.8. The smallest absolute Gasteiger partial charge is 0.0697 e. The SMILES string of the molecule is CCOC1CC(NC2CCOC3(CCC3)C2)C1(C)C. The van der Waals surface area contributed by atoms with E-state index >= 15 is 0 Å². The fourth-order valence-corrected chi connectivity index (χ4v) is 4.03. The first-order chi connectivity index (χ1) is 9.06. The molecule has 3 rings (SSSR count). The van der Waals surface area contributed by atoms with Gasteiger partial charge in [0.1, 0.15) is 0 Å². The van der Waals surface area contributed by atoms with Gasteiger partial charge in [0.15, 0.2) is 0 Å². The van der Waals surface area contributed by atoms with Crippen molar-refractivity contribution in [2.24, 2.45) is 5.41 Å². The van der Waals surface area contributed by atoms with Gasteiger partial charge in [-0.25, -0.2) is 0 Å². The fourth-order valence-electron chi connectivity index (χ4n) is 4.03. The van der Waals surface area contributed by atoms with Crippen molar-refractivity contribution in [3.05, 3.63) is 0 Å². The third-order valence-corrected chi connectivity index (χ3v) is 5.74. The van der Waals surface area contributed by atoms with Crippen molar-refractivity contribution in [2.75, 3.05) is 13.2 Å². The Hall–Kier alpha value is -0.120. The monoisotopic (exact) mass is 267 g/mol. The molecule has 0 bridgehead atoms. The molecule has 3 nitrogen and oxygen atoms in total. The van der Waals surface area contributed by atoms with Crippen LogP contribution in [0, 0.1) is 5.41 Å². The molecule has 3 fully saturated rings. The maximum absolute atomic E-state index is 6.01. The number of rotatable bonds is 4. The summed E-state index contributed by atoms with van der Waals surface area (Å²) < 4.78 is 11.8. The molecule has 0 amide bonds. The second-order valence-electron chi connectivity index (χ2n) is 7.30. The molecule has 110 valence electrons. The van der Waals surface area contributed by atoms with Gasteiger partial charge in [0, 0.05) is 30.7 Å². The second-order valence-corrected chi connectivity index (χ2v) is 7.30. The molecule has 3 heteroatoms. The molecule has 2 aliphatic carbocycles. The van der Waals surface area contributed by atoms with Crippen molar-refractivity contribution in [1.82, 2.24) is 5.32 Å². The Morgan fingerprint density at radius 1 is 1.32 bits per heavy atom. The fraction of sp³-hybridized carbons (Fsp3) is 1.00. The van der Waals surface area contributed by atoms with E-state index < -0.39 is 0 Å². The predicted octanol–water partition coefficient (Wildman–Crippen LogP) is 2.88. The highest BCUT2D eigenvalue weighted by atomic mass is 16.5. The standard InChI is InChI=1S/C16H29NO2/c1-4-18-14-10-13(15(14,2)3)17-12-6-9-19-16(11-12)7-5-8-16/h12-14,17H,4-11H2,1-3H3. The third kappa shape index (κ3) is 2.45. The van der Waals surface area contributed by atoms with Crippen molar-refractivity contribution < 1.29 is 9.47 Å². The van der Waals surface area contributed by atoms with Crippen LogP contribution in [0.15, 0.2) is 0 Å². The van der Waals surface area contributed by atoms with Crippen LogP contribution in [-0.2, 0) is 9.47 Å². The minimum atomic E-state index is 0.253. The molecular formula is C16H29NO2. The van der Waals surface area contributed by atoms with E-state index in [2.05, 4.69) is 26.1 Å². The molecule has 3 unspecified atom stereocenters. The normalized spacial score (nSPS) is 39.6. The van der Waals surface area contributed by atoms with Crippen LogP contribution in [0.1, 0.15) is 59.3 Å². The van der Waals surface area contributed by atoms with Crippen LogP contribution in [0.3, 0.4) is 0 Å². The van der Waals surface area contributed by atoms with E-state index in [1.165, 1.54) is 38.5 Å². The van der Waals surface area contributed by atoms with Gasteiger partial charge in [0.2, 0.25) is 0 Å². The molecule has 1 N–H and O–H groups in total. The molecule has 3 aliphatic rings. The van der Waals surface area contributed by atoms with Gasteiger partial charge in [0.25, 0.3) is 0 Å². The summed E-state index contributed by atoms with van der Waals surface area (Å²) >= 11 is 0. The summed E-state index contributed by atoms with van der Waals surface area (Å²) in [6.07, 6.45) is 7.92. The van der Waals surface area contributed by atoms with Crippen molar-refractivity contribution in [1.29, 1.82) is 0 Å². The van der Waals surface area contributed by atoms with Crippen molar-refractivity contribution in [2.45, 2.75) is 83.1 Å². The van der Waals surface area contributed by atoms with Gasteiger partial charge in [-0.2, -0.15) is 0 Å². The number of nitrogens with one attached hydrogen (secondary N) is 1. The Morgan fingerprint density at radius 3 is 2.68 bits per heavy atom. The van der Waals surface area contributed by atoms with Crippen LogP contribution < -0.4 is 5.32 Å². The lowest BCUT2D eigenvalue weighted by Crippen LogP contribution is -2.64. The molecule has 0 aromatic heterocycles. The quantitative estimate of drug-likeness (QED) is 0.849. The number of ether oxygens (including phenoxy) is 2. The minimum absolute atomic E-state index is 0.253.